The molecule has 1 N–H and O–H groups in total. The summed E-state index contributed by atoms with van der Waals surface area (Å²) in [5.41, 5.74) is 1.04. The lowest BCUT2D eigenvalue weighted by molar-refractivity contribution is 0.470. The van der Waals surface area contributed by atoms with E-state index in [1.165, 1.54) is 12.1 Å². The molecule has 0 saturated heterocycles. The molecule has 0 unspecified atom stereocenters. The number of nitrogens with one attached hydrogen (secondary N) is 1. The Morgan fingerprint density at radius 1 is 1.35 bits per heavy atom. The van der Waals surface area contributed by atoms with Gasteiger partial charge >= 0.3 is 0 Å². The van der Waals surface area contributed by atoms with Crippen LogP contribution in [-0.4, -0.2) is 41.3 Å². The first kappa shape index (κ1) is 19.4. The van der Waals surface area contributed by atoms with Crippen LogP contribution in [0.5, 0.6) is 0 Å². The lowest BCUT2D eigenvalue weighted by Crippen LogP contribution is -2.39. The van der Waals surface area contributed by atoms with Crippen molar-refractivity contribution in [2.45, 2.75) is 19.5 Å². The average molecular weight is 431 g/mol. The van der Waals surface area contributed by atoms with Gasteiger partial charge in [0.15, 0.2) is 5.96 Å². The number of aliphatic imine (C=N–C) groups is 1. The van der Waals surface area contributed by atoms with E-state index >= 15 is 0 Å². The number of benzene rings is 1. The molecule has 0 bridgehead atoms. The number of nitrogens with zero attached hydrogens (tertiary/aromatic N) is 4. The topological polar surface area (TPSA) is 45.5 Å². The fourth-order valence-corrected chi connectivity index (χ4v) is 2.20. The van der Waals surface area contributed by atoms with Gasteiger partial charge in [0.05, 0.1) is 0 Å². The number of guanidine groups is 1. The summed E-state index contributed by atoms with van der Waals surface area (Å²) in [5.74, 6) is 0.609. The largest absolute Gasteiger partial charge is 0.356 e. The van der Waals surface area contributed by atoms with Gasteiger partial charge in [-0.1, -0.05) is 12.1 Å². The van der Waals surface area contributed by atoms with E-state index in [1.54, 1.807) is 25.4 Å². The molecule has 23 heavy (non-hydrogen) atoms. The van der Waals surface area contributed by atoms with Crippen molar-refractivity contribution in [2.75, 3.05) is 20.6 Å². The third kappa shape index (κ3) is 6.55. The van der Waals surface area contributed by atoms with Crippen molar-refractivity contribution in [2.24, 2.45) is 4.99 Å². The van der Waals surface area contributed by atoms with Crippen LogP contribution < -0.4 is 5.32 Å². The Hall–Kier alpha value is -1.64. The predicted octanol–water partition coefficient (Wildman–Crippen LogP) is 2.74. The first-order valence-electron chi connectivity index (χ1n) is 7.32. The van der Waals surface area contributed by atoms with Crippen LogP contribution in [0.1, 0.15) is 12.0 Å². The molecule has 1 heterocycles. The monoisotopic (exact) mass is 431 g/mol. The van der Waals surface area contributed by atoms with Crippen LogP contribution in [0.25, 0.3) is 0 Å². The fraction of sp³-hybridized carbons (Fsp3) is 0.375. The van der Waals surface area contributed by atoms with Crippen molar-refractivity contribution in [3.8, 4) is 0 Å². The van der Waals surface area contributed by atoms with E-state index in [0.29, 0.717) is 6.54 Å². The summed E-state index contributed by atoms with van der Waals surface area (Å²) in [4.78, 5) is 6.29. The third-order valence-corrected chi connectivity index (χ3v) is 3.31. The molecule has 7 heteroatoms. The highest BCUT2D eigenvalue weighted by Gasteiger charge is 2.06. The van der Waals surface area contributed by atoms with Gasteiger partial charge in [-0.3, -0.25) is 9.67 Å². The second-order valence-corrected chi connectivity index (χ2v) is 5.08. The van der Waals surface area contributed by atoms with Gasteiger partial charge in [0.2, 0.25) is 0 Å². The Balaban J connectivity index is 0.00000264. The van der Waals surface area contributed by atoms with Crippen LogP contribution in [0.15, 0.2) is 47.7 Å². The molecule has 0 saturated carbocycles. The highest BCUT2D eigenvalue weighted by molar-refractivity contribution is 14.0. The van der Waals surface area contributed by atoms with Gasteiger partial charge < -0.3 is 10.2 Å². The van der Waals surface area contributed by atoms with Crippen molar-refractivity contribution in [3.05, 3.63) is 54.1 Å². The molecule has 0 spiro atoms. The number of aryl methyl sites for hydroxylation is 1. The fourth-order valence-electron chi connectivity index (χ4n) is 2.20. The van der Waals surface area contributed by atoms with Crippen molar-refractivity contribution < 1.29 is 4.39 Å². The van der Waals surface area contributed by atoms with Crippen LogP contribution in [0, 0.1) is 5.82 Å². The quantitative estimate of drug-likeness (QED) is 0.331. The minimum absolute atomic E-state index is 0. The molecule has 0 radical (unpaired) electrons. The smallest absolute Gasteiger partial charge is 0.193 e. The van der Waals surface area contributed by atoms with Crippen LogP contribution in [0.4, 0.5) is 4.39 Å². The summed E-state index contributed by atoms with van der Waals surface area (Å²) in [7, 11) is 3.73. The minimum Gasteiger partial charge on any atom is -0.356 e. The number of hydrogen-bond acceptors (Lipinski definition) is 2. The van der Waals surface area contributed by atoms with Crippen molar-refractivity contribution >= 4 is 29.9 Å². The first-order chi connectivity index (χ1) is 10.7. The van der Waals surface area contributed by atoms with Gasteiger partial charge in [-0.2, -0.15) is 5.10 Å². The summed E-state index contributed by atoms with van der Waals surface area (Å²) in [6, 6.07) is 8.45. The van der Waals surface area contributed by atoms with Gasteiger partial charge in [-0.25, -0.2) is 4.39 Å². The standard InChI is InChI=1S/C16H22FN5.HI/c1-18-16(19-9-3-11-22-12-4-10-20-22)21(2)13-14-5-7-15(17)8-6-14;/h4-8,10,12H,3,9,11,13H2,1-2H3,(H,18,19);1H. The zero-order chi connectivity index (χ0) is 15.8. The van der Waals surface area contributed by atoms with E-state index in [-0.39, 0.29) is 29.8 Å². The van der Waals surface area contributed by atoms with Gasteiger partial charge in [0.25, 0.3) is 0 Å². The van der Waals surface area contributed by atoms with Crippen LogP contribution in [0.2, 0.25) is 0 Å². The zero-order valence-electron chi connectivity index (χ0n) is 13.4. The van der Waals surface area contributed by atoms with E-state index in [4.69, 9.17) is 0 Å². The summed E-state index contributed by atoms with van der Waals surface area (Å²) >= 11 is 0. The molecular weight excluding hydrogens is 408 g/mol. The highest BCUT2D eigenvalue weighted by Crippen LogP contribution is 2.05. The predicted molar refractivity (Wildman–Crippen MR) is 101 cm³/mol. The lowest BCUT2D eigenvalue weighted by Gasteiger charge is -2.22. The van der Waals surface area contributed by atoms with E-state index < -0.39 is 0 Å². The maximum Gasteiger partial charge on any atom is 0.193 e. The van der Waals surface area contributed by atoms with Gasteiger partial charge in [0.1, 0.15) is 5.82 Å². The summed E-state index contributed by atoms with van der Waals surface area (Å²) < 4.78 is 14.8. The maximum absolute atomic E-state index is 12.9. The molecule has 0 amide bonds. The van der Waals surface area contributed by atoms with E-state index in [2.05, 4.69) is 15.4 Å². The summed E-state index contributed by atoms with van der Waals surface area (Å²) in [6.45, 7) is 2.37. The number of halogens is 2. The van der Waals surface area contributed by atoms with Gasteiger partial charge in [0, 0.05) is 46.1 Å². The van der Waals surface area contributed by atoms with Gasteiger partial charge in [-0.05, 0) is 30.2 Å². The minimum atomic E-state index is -0.215. The molecule has 0 atom stereocenters. The second-order valence-electron chi connectivity index (χ2n) is 5.08. The van der Waals surface area contributed by atoms with Crippen LogP contribution >= 0.6 is 24.0 Å². The molecule has 0 aliphatic heterocycles. The number of rotatable bonds is 6. The molecule has 2 aromatic rings. The normalized spacial score (nSPS) is 11.0. The van der Waals surface area contributed by atoms with Gasteiger partial charge in [-0.15, -0.1) is 24.0 Å². The third-order valence-electron chi connectivity index (χ3n) is 3.31. The molecule has 2 rings (SSSR count). The summed E-state index contributed by atoms with van der Waals surface area (Å²) in [5, 5.41) is 7.49. The molecule has 126 valence electrons. The SMILES string of the molecule is CN=C(NCCCn1cccn1)N(C)Cc1ccc(F)cc1.I. The Morgan fingerprint density at radius 2 is 2.09 bits per heavy atom. The van der Waals surface area contributed by atoms with Crippen molar-refractivity contribution in [1.29, 1.82) is 0 Å². The van der Waals surface area contributed by atoms with Crippen molar-refractivity contribution in [3.63, 3.8) is 0 Å². The molecule has 5 nitrogen and oxygen atoms in total. The zero-order valence-corrected chi connectivity index (χ0v) is 15.8. The second kappa shape index (κ2) is 10.2. The highest BCUT2D eigenvalue weighted by atomic mass is 127. The van der Waals surface area contributed by atoms with E-state index in [0.717, 1.165) is 31.0 Å². The molecular formula is C16H23FIN5. The Morgan fingerprint density at radius 3 is 2.70 bits per heavy atom. The Labute approximate surface area is 153 Å². The number of aromatic nitrogens is 2. The summed E-state index contributed by atoms with van der Waals surface area (Å²) in [6.07, 6.45) is 4.70. The van der Waals surface area contributed by atoms with E-state index in [1.807, 2.05) is 28.9 Å². The first-order valence-corrected chi connectivity index (χ1v) is 7.32. The Kier molecular flexibility index (Phi) is 8.60. The molecule has 1 aromatic heterocycles. The molecule has 0 aliphatic rings. The molecule has 0 fully saturated rings. The van der Waals surface area contributed by atoms with Crippen LogP contribution in [0.3, 0.4) is 0 Å². The average Bonchev–Trinajstić information content (AvgIpc) is 3.03. The Bertz CT molecular complexity index is 583. The molecule has 1 aromatic carbocycles. The van der Waals surface area contributed by atoms with Crippen LogP contribution in [-0.2, 0) is 13.1 Å². The number of hydrogen-bond donors (Lipinski definition) is 1. The maximum atomic E-state index is 12.9. The van der Waals surface area contributed by atoms with E-state index in [9.17, 15) is 4.39 Å². The molecule has 0 aliphatic carbocycles. The van der Waals surface area contributed by atoms with Crippen molar-refractivity contribution in [1.82, 2.24) is 20.0 Å². The lowest BCUT2D eigenvalue weighted by atomic mass is 10.2.